The summed E-state index contributed by atoms with van der Waals surface area (Å²) in [5.74, 6) is 0. The van der Waals surface area contributed by atoms with E-state index in [0.717, 1.165) is 10.0 Å². The van der Waals surface area contributed by atoms with E-state index < -0.39 is 10.0 Å². The molecule has 0 radical (unpaired) electrons. The maximum absolute atomic E-state index is 12.2. The van der Waals surface area contributed by atoms with Crippen molar-refractivity contribution in [1.29, 1.82) is 0 Å². The summed E-state index contributed by atoms with van der Waals surface area (Å²) in [5, 5.41) is 6.16. The number of rotatable bonds is 4. The zero-order valence-corrected chi connectivity index (χ0v) is 12.5. The van der Waals surface area contributed by atoms with Crippen molar-refractivity contribution in [3.05, 3.63) is 40.0 Å². The average Bonchev–Trinajstić information content (AvgIpc) is 2.82. The van der Waals surface area contributed by atoms with Gasteiger partial charge in [-0.1, -0.05) is 15.9 Å². The third-order valence-electron chi connectivity index (χ3n) is 2.60. The quantitative estimate of drug-likeness (QED) is 0.786. The first kappa shape index (κ1) is 14.0. The third-order valence-corrected chi connectivity index (χ3v) is 4.47. The molecule has 4 N–H and O–H groups in total. The molecule has 0 saturated carbocycles. The lowest BCUT2D eigenvalue weighted by Crippen LogP contribution is -2.16. The van der Waals surface area contributed by atoms with E-state index in [9.17, 15) is 8.42 Å². The summed E-state index contributed by atoms with van der Waals surface area (Å²) in [5.41, 5.74) is 7.25. The Morgan fingerprint density at radius 1 is 1.47 bits per heavy atom. The molecular formula is C11H13BrN4O2S. The largest absolute Gasteiger partial charge is 0.326 e. The second kappa shape index (κ2) is 5.32. The van der Waals surface area contributed by atoms with Crippen LogP contribution < -0.4 is 10.5 Å². The number of anilines is 1. The van der Waals surface area contributed by atoms with Gasteiger partial charge in [0.2, 0.25) is 0 Å². The maximum Gasteiger partial charge on any atom is 0.279 e. The van der Waals surface area contributed by atoms with Crippen LogP contribution in [0.2, 0.25) is 0 Å². The topological polar surface area (TPSA) is 101 Å². The van der Waals surface area contributed by atoms with E-state index in [1.165, 1.54) is 6.20 Å². The molecule has 19 heavy (non-hydrogen) atoms. The maximum atomic E-state index is 12.2. The van der Waals surface area contributed by atoms with Crippen LogP contribution in [0.3, 0.4) is 0 Å². The van der Waals surface area contributed by atoms with Crippen LogP contribution in [0.5, 0.6) is 0 Å². The molecule has 102 valence electrons. The first-order valence-electron chi connectivity index (χ1n) is 5.45. The summed E-state index contributed by atoms with van der Waals surface area (Å²) >= 11 is 3.33. The predicted octanol–water partition coefficient (Wildman–Crippen LogP) is 1.74. The molecule has 0 aliphatic rings. The lowest BCUT2D eigenvalue weighted by molar-refractivity contribution is 0.595. The van der Waals surface area contributed by atoms with Gasteiger partial charge in [0.25, 0.3) is 10.0 Å². The average molecular weight is 345 g/mol. The zero-order chi connectivity index (χ0) is 14.0. The first-order valence-corrected chi connectivity index (χ1v) is 7.73. The number of nitrogens with one attached hydrogen (secondary N) is 2. The number of sulfonamides is 1. The molecule has 1 aromatic heterocycles. The minimum absolute atomic E-state index is 0.00248. The normalized spacial score (nSPS) is 11.5. The molecule has 1 heterocycles. The molecule has 0 aliphatic carbocycles. The molecule has 1 aromatic carbocycles. The van der Waals surface area contributed by atoms with Crippen LogP contribution in [-0.2, 0) is 16.6 Å². The van der Waals surface area contributed by atoms with E-state index >= 15 is 0 Å². The van der Waals surface area contributed by atoms with Gasteiger partial charge in [0.15, 0.2) is 5.03 Å². The number of nitrogens with zero attached hydrogens (tertiary/aromatic N) is 1. The second-order valence-corrected chi connectivity index (χ2v) is 6.53. The Labute approximate surface area is 119 Å². The van der Waals surface area contributed by atoms with Crippen molar-refractivity contribution in [3.8, 4) is 0 Å². The van der Waals surface area contributed by atoms with Crippen LogP contribution in [0, 0.1) is 6.92 Å². The van der Waals surface area contributed by atoms with Crippen LogP contribution in [0.25, 0.3) is 0 Å². The number of hydrogen-bond donors (Lipinski definition) is 3. The van der Waals surface area contributed by atoms with E-state index in [2.05, 4.69) is 30.8 Å². The van der Waals surface area contributed by atoms with Gasteiger partial charge < -0.3 is 5.73 Å². The van der Waals surface area contributed by atoms with Crippen LogP contribution in [0.4, 0.5) is 5.69 Å². The summed E-state index contributed by atoms with van der Waals surface area (Å²) in [6.07, 6.45) is 1.41. The van der Waals surface area contributed by atoms with E-state index in [4.69, 9.17) is 5.73 Å². The molecule has 2 rings (SSSR count). The molecule has 6 nitrogen and oxygen atoms in total. The molecule has 0 fully saturated rings. The van der Waals surface area contributed by atoms with Crippen molar-refractivity contribution in [3.63, 3.8) is 0 Å². The van der Waals surface area contributed by atoms with Crippen LogP contribution in [-0.4, -0.2) is 18.6 Å². The number of aromatic nitrogens is 2. The highest BCUT2D eigenvalue weighted by Gasteiger charge is 2.20. The minimum Gasteiger partial charge on any atom is -0.326 e. The Hall–Kier alpha value is -1.38. The summed E-state index contributed by atoms with van der Waals surface area (Å²) in [7, 11) is -3.71. The Morgan fingerprint density at radius 2 is 2.21 bits per heavy atom. The molecule has 0 amide bonds. The van der Waals surface area contributed by atoms with Gasteiger partial charge in [-0.3, -0.25) is 9.82 Å². The molecule has 8 heteroatoms. The highest BCUT2D eigenvalue weighted by molar-refractivity contribution is 9.10. The number of halogens is 1. The van der Waals surface area contributed by atoms with Crippen molar-refractivity contribution in [2.75, 3.05) is 4.72 Å². The van der Waals surface area contributed by atoms with Crippen LogP contribution >= 0.6 is 15.9 Å². The van der Waals surface area contributed by atoms with E-state index in [0.29, 0.717) is 11.3 Å². The van der Waals surface area contributed by atoms with Crippen molar-refractivity contribution in [2.45, 2.75) is 18.5 Å². The SMILES string of the molecule is Cc1cc(Br)ccc1NS(=O)(=O)c1[nH]ncc1CN. The Morgan fingerprint density at radius 3 is 2.84 bits per heavy atom. The molecule has 2 aromatic rings. The Kier molecular flexibility index (Phi) is 3.93. The number of benzene rings is 1. The highest BCUT2D eigenvalue weighted by atomic mass is 79.9. The van der Waals surface area contributed by atoms with Crippen molar-refractivity contribution >= 4 is 31.6 Å². The van der Waals surface area contributed by atoms with Crippen molar-refractivity contribution in [2.24, 2.45) is 5.73 Å². The van der Waals surface area contributed by atoms with Crippen molar-refractivity contribution < 1.29 is 8.42 Å². The van der Waals surface area contributed by atoms with Crippen LogP contribution in [0.1, 0.15) is 11.1 Å². The number of H-pyrrole nitrogens is 1. The molecule has 0 spiro atoms. The second-order valence-electron chi connectivity index (χ2n) is 3.99. The van der Waals surface area contributed by atoms with Gasteiger partial charge in [-0.15, -0.1) is 0 Å². The van der Waals surface area contributed by atoms with Gasteiger partial charge in [-0.2, -0.15) is 13.5 Å². The third kappa shape index (κ3) is 2.96. The standard InChI is InChI=1S/C11H13BrN4O2S/c1-7-4-9(12)2-3-10(7)16-19(17,18)11-8(5-13)6-14-15-11/h2-4,6,16H,5,13H2,1H3,(H,14,15). The fourth-order valence-corrected chi connectivity index (χ4v) is 3.36. The lowest BCUT2D eigenvalue weighted by Gasteiger charge is -2.10. The number of aromatic amines is 1. The predicted molar refractivity (Wildman–Crippen MR) is 76.2 cm³/mol. The Balaban J connectivity index is 2.37. The number of aryl methyl sites for hydroxylation is 1. The molecule has 0 atom stereocenters. The molecule has 0 saturated heterocycles. The van der Waals surface area contributed by atoms with Gasteiger partial charge in [-0.25, -0.2) is 0 Å². The fraction of sp³-hybridized carbons (Fsp3) is 0.182. The molecular weight excluding hydrogens is 332 g/mol. The summed E-state index contributed by atoms with van der Waals surface area (Å²) in [6.45, 7) is 1.92. The van der Waals surface area contributed by atoms with Gasteiger partial charge in [0.05, 0.1) is 11.9 Å². The van der Waals surface area contributed by atoms with Gasteiger partial charge >= 0.3 is 0 Å². The monoisotopic (exact) mass is 344 g/mol. The van der Waals surface area contributed by atoms with Crippen molar-refractivity contribution in [1.82, 2.24) is 10.2 Å². The summed E-state index contributed by atoms with van der Waals surface area (Å²) < 4.78 is 27.9. The van der Waals surface area contributed by atoms with E-state index in [1.807, 2.05) is 13.0 Å². The smallest absolute Gasteiger partial charge is 0.279 e. The Bertz CT molecular complexity index is 696. The lowest BCUT2D eigenvalue weighted by atomic mass is 10.2. The number of hydrogen-bond acceptors (Lipinski definition) is 4. The summed E-state index contributed by atoms with van der Waals surface area (Å²) in [6, 6.07) is 5.28. The molecule has 0 bridgehead atoms. The highest BCUT2D eigenvalue weighted by Crippen LogP contribution is 2.23. The van der Waals surface area contributed by atoms with Gasteiger partial charge in [0.1, 0.15) is 0 Å². The minimum atomic E-state index is -3.71. The zero-order valence-electron chi connectivity index (χ0n) is 10.1. The molecule has 0 aliphatic heterocycles. The van der Waals surface area contributed by atoms with E-state index in [1.54, 1.807) is 12.1 Å². The summed E-state index contributed by atoms with van der Waals surface area (Å²) in [4.78, 5) is 0. The van der Waals surface area contributed by atoms with E-state index in [-0.39, 0.29) is 11.6 Å². The van der Waals surface area contributed by atoms with Gasteiger partial charge in [-0.05, 0) is 30.7 Å². The van der Waals surface area contributed by atoms with Crippen LogP contribution in [0.15, 0.2) is 33.9 Å². The first-order chi connectivity index (χ1) is 8.94. The molecule has 0 unspecified atom stereocenters. The number of nitrogens with two attached hydrogens (primary N) is 1. The fourth-order valence-electron chi connectivity index (χ4n) is 1.61. The van der Waals surface area contributed by atoms with Gasteiger partial charge in [0, 0.05) is 16.6 Å².